The minimum Gasteiger partial charge on any atom is -0.492 e. The fourth-order valence-electron chi connectivity index (χ4n) is 4.09. The maximum absolute atomic E-state index is 13.1. The number of nitrogens with zero attached hydrogens (tertiary/aromatic N) is 3. The molecule has 1 aromatic heterocycles. The highest BCUT2D eigenvalue weighted by molar-refractivity contribution is 7.89. The summed E-state index contributed by atoms with van der Waals surface area (Å²) in [5.74, 6) is 2.79. The smallest absolute Gasteiger partial charge is 0.279 e. The Balaban J connectivity index is 1.66. The second-order valence-corrected chi connectivity index (χ2v) is 11.2. The quantitative estimate of drug-likeness (QED) is 0.472. The second-order valence-electron chi connectivity index (χ2n) is 8.23. The molecule has 0 spiro atoms. The van der Waals surface area contributed by atoms with Crippen molar-refractivity contribution in [1.82, 2.24) is 8.87 Å². The number of terminal acetylenes is 1. The van der Waals surface area contributed by atoms with E-state index in [1.807, 2.05) is 39.0 Å². The van der Waals surface area contributed by atoms with Gasteiger partial charge in [-0.05, 0) is 57.2 Å². The molecule has 10 heteroatoms. The maximum Gasteiger partial charge on any atom is 0.279 e. The average molecular weight is 514 g/mol. The summed E-state index contributed by atoms with van der Waals surface area (Å²) < 4.78 is 41.6. The molecule has 1 aliphatic heterocycles. The first-order chi connectivity index (χ1) is 16.7. The highest BCUT2D eigenvalue weighted by Gasteiger charge is 2.32. The third kappa shape index (κ3) is 5.18. The van der Waals surface area contributed by atoms with E-state index in [1.54, 1.807) is 4.57 Å². The molecule has 1 aliphatic rings. The predicted octanol–water partition coefficient (Wildman–Crippen LogP) is 3.27. The molecule has 8 nitrogen and oxygen atoms in total. The fraction of sp³-hybridized carbons (Fsp3) is 0.360. The molecule has 0 radical (unpaired) electrons. The average Bonchev–Trinajstić information content (AvgIpc) is 3.17. The van der Waals surface area contributed by atoms with Gasteiger partial charge < -0.3 is 14.0 Å². The molecular weight excluding hydrogens is 486 g/mol. The summed E-state index contributed by atoms with van der Waals surface area (Å²) in [6, 6.07) is 11.5. The molecule has 1 saturated heterocycles. The Morgan fingerprint density at radius 1 is 1.20 bits per heavy atom. The minimum atomic E-state index is -3.70. The normalized spacial score (nSPS) is 19.5. The Hall–Kier alpha value is -2.97. The highest BCUT2D eigenvalue weighted by atomic mass is 32.2. The monoisotopic (exact) mass is 513 g/mol. The Labute approximate surface area is 208 Å². The molecule has 2 unspecified atom stereocenters. The Kier molecular flexibility index (Phi) is 7.42. The van der Waals surface area contributed by atoms with Gasteiger partial charge in [-0.3, -0.25) is 4.79 Å². The lowest BCUT2D eigenvalue weighted by Crippen LogP contribution is -2.48. The first-order valence-electron chi connectivity index (χ1n) is 11.3. The molecule has 3 aromatic rings. The van der Waals surface area contributed by atoms with Crippen LogP contribution in [0.15, 0.2) is 52.4 Å². The van der Waals surface area contributed by atoms with Crippen LogP contribution >= 0.6 is 11.3 Å². The molecule has 2 atom stereocenters. The van der Waals surface area contributed by atoms with Crippen LogP contribution in [0.4, 0.5) is 0 Å². The summed E-state index contributed by atoms with van der Waals surface area (Å²) in [6.45, 7) is 6.88. The molecule has 4 rings (SSSR count). The number of aromatic nitrogens is 1. The van der Waals surface area contributed by atoms with Crippen molar-refractivity contribution in [2.24, 2.45) is 4.99 Å². The van der Waals surface area contributed by atoms with Gasteiger partial charge in [-0.15, -0.1) is 6.42 Å². The van der Waals surface area contributed by atoms with Crippen molar-refractivity contribution >= 4 is 37.5 Å². The van der Waals surface area contributed by atoms with E-state index in [4.69, 9.17) is 15.9 Å². The number of carbonyl (C=O) groups excluding carboxylic acids is 1. The van der Waals surface area contributed by atoms with Crippen molar-refractivity contribution in [3.63, 3.8) is 0 Å². The van der Waals surface area contributed by atoms with E-state index in [9.17, 15) is 13.2 Å². The summed E-state index contributed by atoms with van der Waals surface area (Å²) in [6.07, 6.45) is 5.20. The van der Waals surface area contributed by atoms with Gasteiger partial charge in [0.25, 0.3) is 5.91 Å². The molecule has 2 aromatic carbocycles. The van der Waals surface area contributed by atoms with Crippen molar-refractivity contribution in [3.8, 4) is 18.1 Å². The molecular formula is C25H27N3O5S2. The number of ether oxygens (including phenoxy) is 2. The molecule has 184 valence electrons. The zero-order valence-electron chi connectivity index (χ0n) is 19.8. The summed E-state index contributed by atoms with van der Waals surface area (Å²) in [5, 5.41) is 0. The van der Waals surface area contributed by atoms with Crippen molar-refractivity contribution in [3.05, 3.63) is 52.8 Å². The number of fused-ring (bicyclic) bond motifs is 1. The van der Waals surface area contributed by atoms with Crippen LogP contribution in [-0.4, -0.2) is 55.1 Å². The number of para-hydroxylation sites is 1. The molecule has 0 saturated carbocycles. The molecule has 1 fully saturated rings. The molecule has 0 bridgehead atoms. The van der Waals surface area contributed by atoms with Crippen LogP contribution in [0.2, 0.25) is 0 Å². The van der Waals surface area contributed by atoms with Crippen LogP contribution in [0.25, 0.3) is 10.2 Å². The van der Waals surface area contributed by atoms with E-state index >= 15 is 0 Å². The number of hydrogen-bond acceptors (Lipinski definition) is 6. The van der Waals surface area contributed by atoms with E-state index in [0.29, 0.717) is 17.2 Å². The lowest BCUT2D eigenvalue weighted by molar-refractivity contribution is -0.0440. The second kappa shape index (κ2) is 10.3. The van der Waals surface area contributed by atoms with E-state index in [-0.39, 0.29) is 42.3 Å². The topological polar surface area (TPSA) is 90.2 Å². The van der Waals surface area contributed by atoms with Gasteiger partial charge in [-0.1, -0.05) is 23.3 Å². The van der Waals surface area contributed by atoms with Gasteiger partial charge in [0.2, 0.25) is 10.0 Å². The van der Waals surface area contributed by atoms with Gasteiger partial charge >= 0.3 is 0 Å². The molecule has 0 N–H and O–H groups in total. The van der Waals surface area contributed by atoms with E-state index in [1.165, 1.54) is 39.9 Å². The third-order valence-electron chi connectivity index (χ3n) is 5.54. The molecule has 2 heterocycles. The van der Waals surface area contributed by atoms with Gasteiger partial charge in [-0.25, -0.2) is 8.42 Å². The number of amides is 1. The van der Waals surface area contributed by atoms with Crippen LogP contribution in [0.1, 0.15) is 31.1 Å². The van der Waals surface area contributed by atoms with E-state index in [0.717, 1.165) is 10.2 Å². The lowest BCUT2D eigenvalue weighted by atomic mass is 10.2. The van der Waals surface area contributed by atoms with Gasteiger partial charge in [-0.2, -0.15) is 9.30 Å². The van der Waals surface area contributed by atoms with Crippen molar-refractivity contribution in [2.75, 3.05) is 19.7 Å². The first kappa shape index (κ1) is 25.1. The summed E-state index contributed by atoms with van der Waals surface area (Å²) in [5.41, 5.74) is 1.07. The Bertz CT molecular complexity index is 1440. The Morgan fingerprint density at radius 3 is 2.51 bits per heavy atom. The number of morpholine rings is 1. The molecule has 1 amide bonds. The Morgan fingerprint density at radius 2 is 1.89 bits per heavy atom. The van der Waals surface area contributed by atoms with Gasteiger partial charge in [0.15, 0.2) is 4.80 Å². The predicted molar refractivity (Wildman–Crippen MR) is 135 cm³/mol. The van der Waals surface area contributed by atoms with Crippen LogP contribution in [0, 0.1) is 12.3 Å². The van der Waals surface area contributed by atoms with Crippen molar-refractivity contribution < 1.29 is 22.7 Å². The standard InChI is InChI=1S/C25H27N3O5S2/c1-5-14-28-23-21(32-6-2)8-7-9-22(23)34-25(28)26-24(29)19-10-12-20(13-11-19)35(30,31)27-15-17(3)33-18(4)16-27/h1,7-13,17-18H,6,14-16H2,2-4H3. The van der Waals surface area contributed by atoms with Crippen LogP contribution < -0.4 is 9.54 Å². The fourth-order valence-corrected chi connectivity index (χ4v) is 6.73. The lowest BCUT2D eigenvalue weighted by Gasteiger charge is -2.34. The zero-order valence-corrected chi connectivity index (χ0v) is 21.4. The van der Waals surface area contributed by atoms with Gasteiger partial charge in [0.05, 0.1) is 35.0 Å². The minimum absolute atomic E-state index is 0.126. The van der Waals surface area contributed by atoms with Gasteiger partial charge in [0.1, 0.15) is 11.3 Å². The summed E-state index contributed by atoms with van der Waals surface area (Å²) in [7, 11) is -3.70. The van der Waals surface area contributed by atoms with Crippen molar-refractivity contribution in [1.29, 1.82) is 0 Å². The maximum atomic E-state index is 13.1. The number of benzene rings is 2. The van der Waals surface area contributed by atoms with Crippen LogP contribution in [-0.2, 0) is 21.3 Å². The number of thiazole rings is 1. The number of carbonyl (C=O) groups is 1. The van der Waals surface area contributed by atoms with Gasteiger partial charge in [0, 0.05) is 18.7 Å². The summed E-state index contributed by atoms with van der Waals surface area (Å²) >= 11 is 1.34. The number of sulfonamides is 1. The molecule has 35 heavy (non-hydrogen) atoms. The summed E-state index contributed by atoms with van der Waals surface area (Å²) in [4.78, 5) is 17.9. The first-order valence-corrected chi connectivity index (χ1v) is 13.5. The van der Waals surface area contributed by atoms with E-state index in [2.05, 4.69) is 10.9 Å². The number of hydrogen-bond donors (Lipinski definition) is 0. The SMILES string of the molecule is C#CCn1c(=NC(=O)c2ccc(S(=O)(=O)N3CC(C)OC(C)C3)cc2)sc2cccc(OCC)c21. The van der Waals surface area contributed by atoms with Crippen molar-refractivity contribution in [2.45, 2.75) is 44.4 Å². The highest BCUT2D eigenvalue weighted by Crippen LogP contribution is 2.28. The third-order valence-corrected chi connectivity index (χ3v) is 8.43. The number of rotatable bonds is 6. The molecule has 0 aliphatic carbocycles. The van der Waals surface area contributed by atoms with Crippen LogP contribution in [0.3, 0.4) is 0 Å². The zero-order chi connectivity index (χ0) is 25.2. The largest absolute Gasteiger partial charge is 0.492 e. The van der Waals surface area contributed by atoms with E-state index < -0.39 is 15.9 Å². The van der Waals surface area contributed by atoms with Crippen LogP contribution in [0.5, 0.6) is 5.75 Å².